The molecule has 0 aromatic carbocycles. The highest BCUT2D eigenvalue weighted by Gasteiger charge is 2.43. The van der Waals surface area contributed by atoms with E-state index in [9.17, 15) is 8.42 Å². The lowest BCUT2D eigenvalue weighted by molar-refractivity contribution is 0.171. The van der Waals surface area contributed by atoms with Gasteiger partial charge in [0.25, 0.3) is 0 Å². The summed E-state index contributed by atoms with van der Waals surface area (Å²) in [4.78, 5) is 0. The van der Waals surface area contributed by atoms with Gasteiger partial charge in [0.15, 0.2) is 9.84 Å². The Morgan fingerprint density at radius 2 is 1.88 bits per heavy atom. The molecule has 0 radical (unpaired) electrons. The third kappa shape index (κ3) is 2.43. The van der Waals surface area contributed by atoms with Gasteiger partial charge in [-0.05, 0) is 43.9 Å². The molecule has 0 aromatic rings. The van der Waals surface area contributed by atoms with E-state index in [1.165, 1.54) is 19.3 Å². The summed E-state index contributed by atoms with van der Waals surface area (Å²) in [7, 11) is -2.78. The summed E-state index contributed by atoms with van der Waals surface area (Å²) in [6, 6.07) is 0. The lowest BCUT2D eigenvalue weighted by Gasteiger charge is -2.41. The molecule has 0 spiro atoms. The van der Waals surface area contributed by atoms with Gasteiger partial charge in [0.1, 0.15) is 0 Å². The van der Waals surface area contributed by atoms with Crippen molar-refractivity contribution in [1.82, 2.24) is 0 Å². The Balaban J connectivity index is 1.99. The van der Waals surface area contributed by atoms with Crippen molar-refractivity contribution in [3.63, 3.8) is 0 Å². The first kappa shape index (κ1) is 12.4. The van der Waals surface area contributed by atoms with Crippen molar-refractivity contribution in [3.05, 3.63) is 0 Å². The van der Waals surface area contributed by atoms with Gasteiger partial charge in [-0.2, -0.15) is 0 Å². The van der Waals surface area contributed by atoms with E-state index in [2.05, 4.69) is 6.92 Å². The minimum atomic E-state index is -2.78. The Hall–Kier alpha value is -0.0900. The number of rotatable bonds is 2. The molecule has 2 rings (SSSR count). The standard InChI is InChI=1S/C12H23NO2S/c1-2-10-3-6-12(13,7-4-10)11-5-8-16(14,15)9-11/h10-11H,2-9,13H2,1H3. The fourth-order valence-electron chi connectivity index (χ4n) is 3.28. The van der Waals surface area contributed by atoms with Gasteiger partial charge in [-0.15, -0.1) is 0 Å². The maximum atomic E-state index is 11.5. The summed E-state index contributed by atoms with van der Waals surface area (Å²) < 4.78 is 23.0. The monoisotopic (exact) mass is 245 g/mol. The quantitative estimate of drug-likeness (QED) is 0.806. The Kier molecular flexibility index (Phi) is 3.32. The van der Waals surface area contributed by atoms with Crippen molar-refractivity contribution >= 4 is 9.84 Å². The van der Waals surface area contributed by atoms with E-state index in [0.29, 0.717) is 11.5 Å². The fraction of sp³-hybridized carbons (Fsp3) is 1.00. The summed E-state index contributed by atoms with van der Waals surface area (Å²) in [5, 5.41) is 0. The third-order valence-corrected chi connectivity index (χ3v) is 6.43. The van der Waals surface area contributed by atoms with Crippen LogP contribution in [-0.2, 0) is 9.84 Å². The first-order chi connectivity index (χ1) is 7.45. The van der Waals surface area contributed by atoms with Gasteiger partial charge in [-0.25, -0.2) is 8.42 Å². The van der Waals surface area contributed by atoms with E-state index in [4.69, 9.17) is 5.73 Å². The molecule has 3 nitrogen and oxygen atoms in total. The van der Waals surface area contributed by atoms with Crippen molar-refractivity contribution in [1.29, 1.82) is 0 Å². The van der Waals surface area contributed by atoms with Gasteiger partial charge in [0.2, 0.25) is 0 Å². The van der Waals surface area contributed by atoms with E-state index < -0.39 is 9.84 Å². The van der Waals surface area contributed by atoms with Crippen LogP contribution >= 0.6 is 0 Å². The first-order valence-corrected chi connectivity index (χ1v) is 8.26. The molecule has 2 aliphatic rings. The fourth-order valence-corrected chi connectivity index (χ4v) is 5.20. The second-order valence-corrected chi connectivity index (χ2v) is 7.91. The predicted molar refractivity (Wildman–Crippen MR) is 65.9 cm³/mol. The molecule has 1 heterocycles. The molecule has 2 fully saturated rings. The average molecular weight is 245 g/mol. The summed E-state index contributed by atoms with van der Waals surface area (Å²) in [5.41, 5.74) is 6.25. The molecular weight excluding hydrogens is 222 g/mol. The van der Waals surface area contributed by atoms with Crippen LogP contribution in [0.15, 0.2) is 0 Å². The van der Waals surface area contributed by atoms with Crippen LogP contribution in [0, 0.1) is 11.8 Å². The van der Waals surface area contributed by atoms with Crippen molar-refractivity contribution in [2.45, 2.75) is 51.0 Å². The largest absolute Gasteiger partial charge is 0.325 e. The number of nitrogens with two attached hydrogens (primary N) is 1. The molecule has 94 valence electrons. The number of hydrogen-bond acceptors (Lipinski definition) is 3. The highest BCUT2D eigenvalue weighted by atomic mass is 32.2. The molecule has 1 atom stereocenters. The summed E-state index contributed by atoms with van der Waals surface area (Å²) in [5.74, 6) is 1.72. The lowest BCUT2D eigenvalue weighted by Crippen LogP contribution is -2.50. The van der Waals surface area contributed by atoms with Gasteiger partial charge in [0, 0.05) is 5.54 Å². The predicted octanol–water partition coefficient (Wildman–Crippen LogP) is 1.72. The number of hydrogen-bond donors (Lipinski definition) is 1. The second kappa shape index (κ2) is 4.30. The number of sulfone groups is 1. The minimum absolute atomic E-state index is 0.185. The van der Waals surface area contributed by atoms with Gasteiger partial charge >= 0.3 is 0 Å². The molecule has 0 aromatic heterocycles. The summed E-state index contributed by atoms with van der Waals surface area (Å²) >= 11 is 0. The zero-order valence-electron chi connectivity index (χ0n) is 10.1. The molecule has 0 amide bonds. The third-order valence-electron chi connectivity index (χ3n) is 4.66. The SMILES string of the molecule is CCC1CCC(N)(C2CCS(=O)(=O)C2)CC1. The zero-order chi connectivity index (χ0) is 11.8. The van der Waals surface area contributed by atoms with Crippen LogP contribution in [0.1, 0.15) is 45.4 Å². The van der Waals surface area contributed by atoms with Crippen LogP contribution in [-0.4, -0.2) is 25.5 Å². The van der Waals surface area contributed by atoms with E-state index in [0.717, 1.165) is 25.2 Å². The Labute approximate surface area is 98.7 Å². The van der Waals surface area contributed by atoms with Crippen LogP contribution in [0.3, 0.4) is 0 Å². The zero-order valence-corrected chi connectivity index (χ0v) is 10.9. The lowest BCUT2D eigenvalue weighted by atomic mass is 9.69. The summed E-state index contributed by atoms with van der Waals surface area (Å²) in [6.07, 6.45) is 6.43. The molecule has 16 heavy (non-hydrogen) atoms. The minimum Gasteiger partial charge on any atom is -0.325 e. The molecule has 1 aliphatic carbocycles. The smallest absolute Gasteiger partial charge is 0.150 e. The van der Waals surface area contributed by atoms with E-state index in [-0.39, 0.29) is 11.5 Å². The molecular formula is C12H23NO2S. The van der Waals surface area contributed by atoms with E-state index in [1.54, 1.807) is 0 Å². The normalized spacial score (nSPS) is 43.4. The van der Waals surface area contributed by atoms with Crippen molar-refractivity contribution in [2.75, 3.05) is 11.5 Å². The molecule has 2 N–H and O–H groups in total. The van der Waals surface area contributed by atoms with Crippen LogP contribution in [0.2, 0.25) is 0 Å². The Morgan fingerprint density at radius 1 is 1.25 bits per heavy atom. The molecule has 0 bridgehead atoms. The van der Waals surface area contributed by atoms with Crippen molar-refractivity contribution < 1.29 is 8.42 Å². The topological polar surface area (TPSA) is 60.2 Å². The highest BCUT2D eigenvalue weighted by molar-refractivity contribution is 7.91. The molecule has 1 unspecified atom stereocenters. The maximum Gasteiger partial charge on any atom is 0.150 e. The van der Waals surface area contributed by atoms with Crippen molar-refractivity contribution in [3.8, 4) is 0 Å². The first-order valence-electron chi connectivity index (χ1n) is 6.44. The van der Waals surface area contributed by atoms with Crippen molar-refractivity contribution in [2.24, 2.45) is 17.6 Å². The summed E-state index contributed by atoms with van der Waals surface area (Å²) in [6.45, 7) is 2.23. The van der Waals surface area contributed by atoms with Gasteiger partial charge in [-0.3, -0.25) is 0 Å². The van der Waals surface area contributed by atoms with Crippen LogP contribution in [0.25, 0.3) is 0 Å². The highest BCUT2D eigenvalue weighted by Crippen LogP contribution is 2.40. The molecule has 1 saturated carbocycles. The van der Waals surface area contributed by atoms with E-state index in [1.807, 2.05) is 0 Å². The van der Waals surface area contributed by atoms with Gasteiger partial charge in [-0.1, -0.05) is 13.3 Å². The average Bonchev–Trinajstić information content (AvgIpc) is 2.61. The Morgan fingerprint density at radius 3 is 2.31 bits per heavy atom. The Bertz CT molecular complexity index is 342. The maximum absolute atomic E-state index is 11.5. The van der Waals surface area contributed by atoms with Gasteiger partial charge in [0.05, 0.1) is 11.5 Å². The van der Waals surface area contributed by atoms with Gasteiger partial charge < -0.3 is 5.73 Å². The molecule has 1 aliphatic heterocycles. The van der Waals surface area contributed by atoms with E-state index >= 15 is 0 Å². The molecule has 4 heteroatoms. The molecule has 1 saturated heterocycles. The van der Waals surface area contributed by atoms with Crippen LogP contribution in [0.4, 0.5) is 0 Å². The second-order valence-electron chi connectivity index (χ2n) is 5.68. The van der Waals surface area contributed by atoms with Crippen LogP contribution in [0.5, 0.6) is 0 Å². The van der Waals surface area contributed by atoms with Crippen LogP contribution < -0.4 is 5.73 Å².